The minimum Gasteiger partial charge on any atom is -0.494 e. The summed E-state index contributed by atoms with van der Waals surface area (Å²) >= 11 is 0. The summed E-state index contributed by atoms with van der Waals surface area (Å²) in [6.07, 6.45) is 1.54. The van der Waals surface area contributed by atoms with Crippen LogP contribution in [0, 0.1) is 13.8 Å². The van der Waals surface area contributed by atoms with Gasteiger partial charge in [0.2, 0.25) is 0 Å². The highest BCUT2D eigenvalue weighted by Gasteiger charge is 2.38. The Bertz CT molecular complexity index is 1460. The molecule has 0 unspecified atom stereocenters. The van der Waals surface area contributed by atoms with Gasteiger partial charge in [-0.25, -0.2) is 9.69 Å². The van der Waals surface area contributed by atoms with Crippen LogP contribution >= 0.6 is 0 Å². The topological polar surface area (TPSA) is 89.9 Å². The molecular formula is C31H35N3O5. The van der Waals surface area contributed by atoms with Crippen molar-refractivity contribution in [2.24, 2.45) is 0 Å². The van der Waals surface area contributed by atoms with Crippen molar-refractivity contribution in [3.05, 3.63) is 76.6 Å². The van der Waals surface area contributed by atoms with E-state index in [0.717, 1.165) is 22.0 Å². The molecule has 3 aromatic rings. The van der Waals surface area contributed by atoms with Gasteiger partial charge in [0, 0.05) is 23.1 Å². The van der Waals surface area contributed by atoms with Crippen LogP contribution in [0.25, 0.3) is 11.8 Å². The number of carbonyl (C=O) groups excluding carboxylic acids is 3. The van der Waals surface area contributed by atoms with Gasteiger partial charge in [0.1, 0.15) is 17.1 Å². The van der Waals surface area contributed by atoms with Crippen LogP contribution in [0.1, 0.15) is 57.1 Å². The summed E-state index contributed by atoms with van der Waals surface area (Å²) in [5.41, 5.74) is 4.85. The summed E-state index contributed by atoms with van der Waals surface area (Å²) in [4.78, 5) is 40.2. The SMILES string of the molecule is CCOc1ccc(N2C(=O)NC(=O)/C(=C\c3cc(C)n(-c4ccc(C(C)(C)C)cc4)c3C)C2=O)c(OCC)c1. The number of aromatic nitrogens is 1. The van der Waals surface area contributed by atoms with Crippen LogP contribution in [0.2, 0.25) is 0 Å². The second-order valence-electron chi connectivity index (χ2n) is 10.4. The normalized spacial score (nSPS) is 15.1. The van der Waals surface area contributed by atoms with Gasteiger partial charge in [-0.1, -0.05) is 32.9 Å². The highest BCUT2D eigenvalue weighted by atomic mass is 16.5. The maximum absolute atomic E-state index is 13.6. The number of anilines is 1. The molecule has 1 saturated heterocycles. The van der Waals surface area contributed by atoms with Crippen molar-refractivity contribution in [2.45, 2.75) is 53.9 Å². The Morgan fingerprint density at radius 2 is 1.56 bits per heavy atom. The van der Waals surface area contributed by atoms with Crippen LogP contribution in [0.4, 0.5) is 10.5 Å². The highest BCUT2D eigenvalue weighted by Crippen LogP contribution is 2.35. The van der Waals surface area contributed by atoms with E-state index in [2.05, 4.69) is 54.9 Å². The molecular weight excluding hydrogens is 494 g/mol. The predicted octanol–water partition coefficient (Wildman–Crippen LogP) is 5.86. The first-order chi connectivity index (χ1) is 18.5. The van der Waals surface area contributed by atoms with Gasteiger partial charge in [-0.15, -0.1) is 0 Å². The maximum atomic E-state index is 13.6. The molecule has 8 nitrogen and oxygen atoms in total. The standard InChI is InChI=1S/C31H35N3O5/c1-8-38-24-14-15-26(27(18-24)39-9-2)34-29(36)25(28(35)32-30(34)37)17-21-16-19(3)33(20(21)4)23-12-10-22(11-13-23)31(5,6)7/h10-18H,8-9H2,1-7H3,(H,32,35,37)/b25-17+. The zero-order valence-electron chi connectivity index (χ0n) is 23.5. The number of urea groups is 1. The first kappa shape index (κ1) is 27.7. The molecule has 1 aliphatic rings. The Labute approximate surface area is 229 Å². The number of hydrogen-bond acceptors (Lipinski definition) is 5. The lowest BCUT2D eigenvalue weighted by Gasteiger charge is -2.28. The van der Waals surface area contributed by atoms with Crippen LogP contribution in [-0.4, -0.2) is 35.6 Å². The Morgan fingerprint density at radius 1 is 0.897 bits per heavy atom. The third kappa shape index (κ3) is 5.46. The number of rotatable bonds is 7. The number of nitrogens with zero attached hydrogens (tertiary/aromatic N) is 2. The molecule has 0 saturated carbocycles. The van der Waals surface area contributed by atoms with Gasteiger partial charge < -0.3 is 14.0 Å². The molecule has 1 aromatic heterocycles. The van der Waals surface area contributed by atoms with E-state index in [1.165, 1.54) is 11.6 Å². The maximum Gasteiger partial charge on any atom is 0.336 e. The Balaban J connectivity index is 1.73. The summed E-state index contributed by atoms with van der Waals surface area (Å²) in [7, 11) is 0. The molecule has 1 aliphatic heterocycles. The summed E-state index contributed by atoms with van der Waals surface area (Å²) in [5.74, 6) is -0.625. The molecule has 1 N–H and O–H groups in total. The van der Waals surface area contributed by atoms with E-state index in [1.54, 1.807) is 25.1 Å². The second kappa shape index (κ2) is 10.8. The van der Waals surface area contributed by atoms with Crippen molar-refractivity contribution in [1.29, 1.82) is 0 Å². The van der Waals surface area contributed by atoms with Crippen LogP contribution in [0.3, 0.4) is 0 Å². The molecule has 4 amide bonds. The van der Waals surface area contributed by atoms with Crippen molar-refractivity contribution in [3.8, 4) is 17.2 Å². The van der Waals surface area contributed by atoms with Crippen molar-refractivity contribution < 1.29 is 23.9 Å². The van der Waals surface area contributed by atoms with E-state index in [9.17, 15) is 14.4 Å². The fraction of sp³-hybridized carbons (Fsp3) is 0.323. The van der Waals surface area contributed by atoms with E-state index in [0.29, 0.717) is 30.3 Å². The first-order valence-corrected chi connectivity index (χ1v) is 13.1. The Morgan fingerprint density at radius 3 is 2.18 bits per heavy atom. The van der Waals surface area contributed by atoms with Gasteiger partial charge in [0.05, 0.1) is 18.9 Å². The zero-order chi connectivity index (χ0) is 28.5. The number of benzene rings is 2. The summed E-state index contributed by atoms with van der Waals surface area (Å²) < 4.78 is 13.3. The van der Waals surface area contributed by atoms with Gasteiger partial charge in [0.15, 0.2) is 0 Å². The number of amides is 4. The van der Waals surface area contributed by atoms with Crippen LogP contribution in [0.15, 0.2) is 54.1 Å². The number of carbonyl (C=O) groups is 3. The molecule has 0 radical (unpaired) electrons. The molecule has 4 rings (SSSR count). The third-order valence-electron chi connectivity index (χ3n) is 6.65. The lowest BCUT2D eigenvalue weighted by atomic mass is 9.87. The minimum atomic E-state index is -0.836. The van der Waals surface area contributed by atoms with Crippen molar-refractivity contribution in [3.63, 3.8) is 0 Å². The molecule has 1 fully saturated rings. The molecule has 0 aliphatic carbocycles. The van der Waals surface area contributed by atoms with Gasteiger partial charge in [0.25, 0.3) is 11.8 Å². The number of ether oxygens (including phenoxy) is 2. The van der Waals surface area contributed by atoms with Gasteiger partial charge >= 0.3 is 6.03 Å². The molecule has 0 bridgehead atoms. The highest BCUT2D eigenvalue weighted by molar-refractivity contribution is 6.39. The second-order valence-corrected chi connectivity index (χ2v) is 10.4. The molecule has 39 heavy (non-hydrogen) atoms. The molecule has 204 valence electrons. The summed E-state index contributed by atoms with van der Waals surface area (Å²) in [6.45, 7) is 14.8. The fourth-order valence-electron chi connectivity index (χ4n) is 4.68. The number of nitrogens with one attached hydrogen (secondary N) is 1. The predicted molar refractivity (Wildman–Crippen MR) is 152 cm³/mol. The van der Waals surface area contributed by atoms with Gasteiger partial charge in [-0.2, -0.15) is 0 Å². The van der Waals surface area contributed by atoms with E-state index < -0.39 is 17.8 Å². The summed E-state index contributed by atoms with van der Waals surface area (Å²) in [5, 5.41) is 2.30. The largest absolute Gasteiger partial charge is 0.494 e. The lowest BCUT2D eigenvalue weighted by Crippen LogP contribution is -2.54. The van der Waals surface area contributed by atoms with Gasteiger partial charge in [-0.05, 0) is 80.6 Å². The zero-order valence-corrected chi connectivity index (χ0v) is 23.5. The van der Waals surface area contributed by atoms with Crippen molar-refractivity contribution >= 4 is 29.6 Å². The summed E-state index contributed by atoms with van der Waals surface area (Å²) in [6, 6.07) is 14.3. The monoisotopic (exact) mass is 529 g/mol. The van der Waals surface area contributed by atoms with E-state index in [-0.39, 0.29) is 16.7 Å². The Kier molecular flexibility index (Phi) is 7.67. The van der Waals surface area contributed by atoms with E-state index in [4.69, 9.17) is 9.47 Å². The molecule has 0 spiro atoms. The Hall–Kier alpha value is -4.33. The van der Waals surface area contributed by atoms with Crippen LogP contribution in [-0.2, 0) is 15.0 Å². The fourth-order valence-corrected chi connectivity index (χ4v) is 4.68. The lowest BCUT2D eigenvalue weighted by molar-refractivity contribution is -0.122. The number of barbiturate groups is 1. The van der Waals surface area contributed by atoms with Gasteiger partial charge in [-0.3, -0.25) is 14.9 Å². The first-order valence-electron chi connectivity index (χ1n) is 13.1. The van der Waals surface area contributed by atoms with E-state index >= 15 is 0 Å². The quantitative estimate of drug-likeness (QED) is 0.306. The van der Waals surface area contributed by atoms with Crippen LogP contribution in [0.5, 0.6) is 11.5 Å². The number of aryl methyl sites for hydroxylation is 1. The molecule has 8 heteroatoms. The number of imide groups is 2. The van der Waals surface area contributed by atoms with Crippen LogP contribution < -0.4 is 19.7 Å². The molecule has 2 heterocycles. The minimum absolute atomic E-state index is 0.0400. The smallest absolute Gasteiger partial charge is 0.336 e. The average molecular weight is 530 g/mol. The van der Waals surface area contributed by atoms with Crippen molar-refractivity contribution in [1.82, 2.24) is 9.88 Å². The third-order valence-corrected chi connectivity index (χ3v) is 6.65. The molecule has 2 aromatic carbocycles. The number of hydrogen-bond donors (Lipinski definition) is 1. The average Bonchev–Trinajstić information content (AvgIpc) is 3.15. The molecule has 0 atom stereocenters. The van der Waals surface area contributed by atoms with E-state index in [1.807, 2.05) is 26.8 Å². The van der Waals surface area contributed by atoms with Crippen molar-refractivity contribution in [2.75, 3.05) is 18.1 Å².